The summed E-state index contributed by atoms with van der Waals surface area (Å²) in [6, 6.07) is 0.846. The molecule has 0 aliphatic rings. The number of H-pyrrole nitrogens is 1. The fourth-order valence-electron chi connectivity index (χ4n) is 0.809. The standard InChI is InChI=1S/C6H6BF3NO/c1-4-2-5(7(8,9)10)3-11-6(4)12/h2-3H,1H3,(H,11,12)/q-1. The van der Waals surface area contributed by atoms with Crippen molar-refractivity contribution < 1.29 is 12.9 Å². The van der Waals surface area contributed by atoms with Crippen LogP contribution in [-0.2, 0) is 0 Å². The van der Waals surface area contributed by atoms with E-state index in [0.717, 1.165) is 6.07 Å². The van der Waals surface area contributed by atoms with Gasteiger partial charge in [0.2, 0.25) is 0 Å². The van der Waals surface area contributed by atoms with Gasteiger partial charge in [0.15, 0.2) is 0 Å². The lowest BCUT2D eigenvalue weighted by Crippen LogP contribution is -2.36. The number of hydrogen-bond donors (Lipinski definition) is 1. The Hall–Kier alpha value is -1.20. The summed E-state index contributed by atoms with van der Waals surface area (Å²) < 4.78 is 36.1. The number of aryl methyl sites for hydroxylation is 1. The van der Waals surface area contributed by atoms with Crippen LogP contribution in [0.4, 0.5) is 12.9 Å². The zero-order valence-corrected chi connectivity index (χ0v) is 6.27. The summed E-state index contributed by atoms with van der Waals surface area (Å²) in [6.07, 6.45) is 0.690. The lowest BCUT2D eigenvalue weighted by atomic mass is 9.81. The first-order valence-electron chi connectivity index (χ1n) is 3.30. The summed E-state index contributed by atoms with van der Waals surface area (Å²) in [5, 5.41) is 0. The van der Waals surface area contributed by atoms with E-state index in [1.54, 1.807) is 0 Å². The Morgan fingerprint density at radius 3 is 2.42 bits per heavy atom. The van der Waals surface area contributed by atoms with Gasteiger partial charge in [0.05, 0.1) is 0 Å². The third kappa shape index (κ3) is 1.69. The summed E-state index contributed by atoms with van der Waals surface area (Å²) in [6.45, 7) is -3.67. The molecule has 1 aromatic heterocycles. The third-order valence-corrected chi connectivity index (χ3v) is 1.49. The molecule has 0 saturated heterocycles. The molecular formula is C6H6BF3NO-. The molecule has 0 fully saturated rings. The van der Waals surface area contributed by atoms with Gasteiger partial charge in [0, 0.05) is 5.56 Å². The van der Waals surface area contributed by atoms with Gasteiger partial charge >= 0.3 is 6.98 Å². The molecule has 6 heteroatoms. The minimum Gasteiger partial charge on any atom is -0.445 e. The van der Waals surface area contributed by atoms with Crippen molar-refractivity contribution in [1.82, 2.24) is 4.98 Å². The number of halogens is 3. The van der Waals surface area contributed by atoms with Crippen LogP contribution in [0.2, 0.25) is 0 Å². The van der Waals surface area contributed by atoms with Crippen LogP contribution in [0.3, 0.4) is 0 Å². The molecule has 0 saturated carbocycles. The minimum absolute atomic E-state index is 0.0756. The zero-order chi connectivity index (χ0) is 9.35. The second-order valence-corrected chi connectivity index (χ2v) is 2.52. The fraction of sp³-hybridized carbons (Fsp3) is 0.167. The molecule has 1 heterocycles. The van der Waals surface area contributed by atoms with Crippen molar-refractivity contribution >= 4 is 12.4 Å². The molecule has 12 heavy (non-hydrogen) atoms. The highest BCUT2D eigenvalue weighted by Gasteiger charge is 2.25. The van der Waals surface area contributed by atoms with Gasteiger partial charge in [-0.05, 0) is 13.1 Å². The van der Waals surface area contributed by atoms with Gasteiger partial charge in [-0.15, -0.1) is 0 Å². The van der Waals surface area contributed by atoms with Gasteiger partial charge in [-0.3, -0.25) is 4.79 Å². The van der Waals surface area contributed by atoms with E-state index in [9.17, 15) is 17.7 Å². The molecule has 0 bridgehead atoms. The Morgan fingerprint density at radius 1 is 1.42 bits per heavy atom. The molecule has 0 unspecified atom stereocenters. The molecule has 0 aliphatic heterocycles. The van der Waals surface area contributed by atoms with E-state index >= 15 is 0 Å². The first-order valence-corrected chi connectivity index (χ1v) is 3.30. The van der Waals surface area contributed by atoms with Crippen LogP contribution in [0.5, 0.6) is 0 Å². The highest BCUT2D eigenvalue weighted by molar-refractivity contribution is 6.73. The number of rotatable bonds is 1. The summed E-state index contributed by atoms with van der Waals surface area (Å²) in [4.78, 5) is 12.7. The van der Waals surface area contributed by atoms with E-state index in [1.807, 2.05) is 4.98 Å². The largest absolute Gasteiger partial charge is 0.511 e. The average molecular weight is 176 g/mol. The Balaban J connectivity index is 3.23. The van der Waals surface area contributed by atoms with Crippen LogP contribution < -0.4 is 11.0 Å². The van der Waals surface area contributed by atoms with Gasteiger partial charge in [-0.1, -0.05) is 11.5 Å². The van der Waals surface area contributed by atoms with Crippen LogP contribution in [0.15, 0.2) is 17.1 Å². The smallest absolute Gasteiger partial charge is 0.445 e. The highest BCUT2D eigenvalue weighted by atomic mass is 19.4. The van der Waals surface area contributed by atoms with Gasteiger partial charge in [0.1, 0.15) is 0 Å². The number of hydrogen-bond acceptors (Lipinski definition) is 1. The molecule has 0 spiro atoms. The number of aromatic amines is 1. The number of pyridine rings is 1. The van der Waals surface area contributed by atoms with E-state index in [1.165, 1.54) is 6.92 Å². The van der Waals surface area contributed by atoms with E-state index in [0.29, 0.717) is 6.20 Å². The topological polar surface area (TPSA) is 32.9 Å². The van der Waals surface area contributed by atoms with E-state index in [4.69, 9.17) is 0 Å². The third-order valence-electron chi connectivity index (χ3n) is 1.49. The Labute approximate surface area is 66.5 Å². The van der Waals surface area contributed by atoms with Crippen LogP contribution in [-0.4, -0.2) is 12.0 Å². The molecule has 0 atom stereocenters. The predicted molar refractivity (Wildman–Crippen MR) is 40.5 cm³/mol. The molecule has 0 amide bonds. The molecule has 0 radical (unpaired) electrons. The molecule has 66 valence electrons. The Kier molecular flexibility index (Phi) is 2.00. The van der Waals surface area contributed by atoms with Gasteiger partial charge in [-0.25, -0.2) is 0 Å². The summed E-state index contributed by atoms with van der Waals surface area (Å²) >= 11 is 0. The second kappa shape index (κ2) is 2.69. The van der Waals surface area contributed by atoms with Gasteiger partial charge in [-0.2, -0.15) is 0 Å². The lowest BCUT2D eigenvalue weighted by Gasteiger charge is -2.13. The molecule has 2 nitrogen and oxygen atoms in total. The molecule has 1 N–H and O–H groups in total. The van der Waals surface area contributed by atoms with Gasteiger partial charge in [0.25, 0.3) is 5.56 Å². The molecular weight excluding hydrogens is 170 g/mol. The van der Waals surface area contributed by atoms with Crippen LogP contribution in [0, 0.1) is 6.92 Å². The molecule has 0 aromatic carbocycles. The van der Waals surface area contributed by atoms with Crippen LogP contribution in [0.1, 0.15) is 5.56 Å². The SMILES string of the molecule is Cc1cc([B-](F)(F)F)c[nH]c1=O. The van der Waals surface area contributed by atoms with Crippen molar-refractivity contribution in [3.05, 3.63) is 28.2 Å². The number of nitrogens with one attached hydrogen (secondary N) is 1. The maximum Gasteiger partial charge on any atom is 0.511 e. The summed E-state index contributed by atoms with van der Waals surface area (Å²) in [5.41, 5.74) is -1.18. The monoisotopic (exact) mass is 176 g/mol. The van der Waals surface area contributed by atoms with Crippen molar-refractivity contribution in [1.29, 1.82) is 0 Å². The second-order valence-electron chi connectivity index (χ2n) is 2.52. The Bertz CT molecular complexity index is 343. The van der Waals surface area contributed by atoms with Crippen molar-refractivity contribution in [2.75, 3.05) is 0 Å². The normalized spacial score (nSPS) is 11.7. The van der Waals surface area contributed by atoms with Crippen molar-refractivity contribution in [3.8, 4) is 0 Å². The highest BCUT2D eigenvalue weighted by Crippen LogP contribution is 2.07. The Morgan fingerprint density at radius 2 is 2.00 bits per heavy atom. The van der Waals surface area contributed by atoms with Crippen LogP contribution in [0.25, 0.3) is 0 Å². The lowest BCUT2D eigenvalue weighted by molar-refractivity contribution is 0.500. The average Bonchev–Trinajstić information content (AvgIpc) is 1.92. The molecule has 0 aliphatic carbocycles. The minimum atomic E-state index is -5.01. The van der Waals surface area contributed by atoms with Crippen LogP contribution >= 0.6 is 0 Å². The van der Waals surface area contributed by atoms with E-state index in [2.05, 4.69) is 0 Å². The van der Waals surface area contributed by atoms with Crippen molar-refractivity contribution in [2.24, 2.45) is 0 Å². The maximum absolute atomic E-state index is 12.0. The van der Waals surface area contributed by atoms with E-state index in [-0.39, 0.29) is 5.56 Å². The first kappa shape index (κ1) is 8.90. The maximum atomic E-state index is 12.0. The zero-order valence-electron chi connectivity index (χ0n) is 6.27. The first-order chi connectivity index (χ1) is 5.41. The summed E-state index contributed by atoms with van der Waals surface area (Å²) in [7, 11) is 0. The van der Waals surface area contributed by atoms with Crippen molar-refractivity contribution in [3.63, 3.8) is 0 Å². The van der Waals surface area contributed by atoms with Crippen molar-refractivity contribution in [2.45, 2.75) is 6.92 Å². The quantitative estimate of drug-likeness (QED) is 0.628. The number of aromatic nitrogens is 1. The summed E-state index contributed by atoms with van der Waals surface area (Å²) in [5.74, 6) is 0. The van der Waals surface area contributed by atoms with Gasteiger partial charge < -0.3 is 17.9 Å². The van der Waals surface area contributed by atoms with E-state index < -0.39 is 18.0 Å². The fourth-order valence-corrected chi connectivity index (χ4v) is 0.809. The molecule has 1 aromatic rings. The predicted octanol–water partition coefficient (Wildman–Crippen LogP) is 0.738. The molecule has 1 rings (SSSR count).